The second-order valence-electron chi connectivity index (χ2n) is 3.86. The third-order valence-electron chi connectivity index (χ3n) is 2.56. The SMILES string of the molecule is Cc1cc([N+](=O)[O-])ccc1NCCc1nccs1. The average molecular weight is 263 g/mol. The van der Waals surface area contributed by atoms with Crippen molar-refractivity contribution in [3.05, 3.63) is 50.5 Å². The highest BCUT2D eigenvalue weighted by Gasteiger charge is 2.07. The maximum absolute atomic E-state index is 10.6. The highest BCUT2D eigenvalue weighted by Crippen LogP contribution is 2.21. The van der Waals surface area contributed by atoms with E-state index in [0.717, 1.165) is 29.2 Å². The Balaban J connectivity index is 1.95. The Hall–Kier alpha value is -1.95. The van der Waals surface area contributed by atoms with Gasteiger partial charge in [0.1, 0.15) is 0 Å². The zero-order valence-corrected chi connectivity index (χ0v) is 10.7. The smallest absolute Gasteiger partial charge is 0.269 e. The monoisotopic (exact) mass is 263 g/mol. The number of nitro groups is 1. The number of nitro benzene ring substituents is 1. The molecule has 0 atom stereocenters. The third-order valence-corrected chi connectivity index (χ3v) is 3.40. The van der Waals surface area contributed by atoms with Gasteiger partial charge in [0.2, 0.25) is 0 Å². The number of nitrogens with one attached hydrogen (secondary N) is 1. The van der Waals surface area contributed by atoms with Crippen LogP contribution in [0.25, 0.3) is 0 Å². The number of nitrogens with zero attached hydrogens (tertiary/aromatic N) is 2. The summed E-state index contributed by atoms with van der Waals surface area (Å²) in [6.07, 6.45) is 2.64. The molecular weight excluding hydrogens is 250 g/mol. The lowest BCUT2D eigenvalue weighted by molar-refractivity contribution is -0.384. The van der Waals surface area contributed by atoms with Crippen LogP contribution in [0.5, 0.6) is 0 Å². The minimum absolute atomic E-state index is 0.123. The summed E-state index contributed by atoms with van der Waals surface area (Å²) in [5, 5.41) is 16.9. The van der Waals surface area contributed by atoms with Crippen LogP contribution in [0.1, 0.15) is 10.6 Å². The molecule has 1 aromatic heterocycles. The Bertz CT molecular complexity index is 540. The van der Waals surface area contributed by atoms with Crippen molar-refractivity contribution in [3.63, 3.8) is 0 Å². The van der Waals surface area contributed by atoms with Crippen LogP contribution in [0.3, 0.4) is 0 Å². The first-order chi connectivity index (χ1) is 8.66. The fourth-order valence-electron chi connectivity index (χ4n) is 1.64. The van der Waals surface area contributed by atoms with Crippen LogP contribution >= 0.6 is 11.3 Å². The zero-order valence-electron chi connectivity index (χ0n) is 9.92. The summed E-state index contributed by atoms with van der Waals surface area (Å²) in [7, 11) is 0. The van der Waals surface area contributed by atoms with E-state index in [1.165, 1.54) is 6.07 Å². The number of non-ortho nitro benzene ring substituents is 1. The molecule has 94 valence electrons. The van der Waals surface area contributed by atoms with Crippen LogP contribution in [-0.2, 0) is 6.42 Å². The molecule has 0 amide bonds. The second kappa shape index (κ2) is 5.59. The Morgan fingerprint density at radius 2 is 2.33 bits per heavy atom. The number of aryl methyl sites for hydroxylation is 1. The molecule has 0 saturated carbocycles. The lowest BCUT2D eigenvalue weighted by Crippen LogP contribution is -2.06. The van der Waals surface area contributed by atoms with Crippen molar-refractivity contribution < 1.29 is 4.92 Å². The van der Waals surface area contributed by atoms with Crippen molar-refractivity contribution in [1.82, 2.24) is 4.98 Å². The first-order valence-corrected chi connectivity index (χ1v) is 6.42. The largest absolute Gasteiger partial charge is 0.384 e. The van der Waals surface area contributed by atoms with E-state index >= 15 is 0 Å². The molecule has 0 unspecified atom stereocenters. The number of rotatable bonds is 5. The third kappa shape index (κ3) is 3.04. The van der Waals surface area contributed by atoms with Crippen molar-refractivity contribution in [2.24, 2.45) is 0 Å². The van der Waals surface area contributed by atoms with E-state index < -0.39 is 0 Å². The highest BCUT2D eigenvalue weighted by atomic mass is 32.1. The summed E-state index contributed by atoms with van der Waals surface area (Å²) in [6, 6.07) is 4.83. The molecule has 2 aromatic rings. The van der Waals surface area contributed by atoms with Crippen molar-refractivity contribution in [2.75, 3.05) is 11.9 Å². The molecule has 0 saturated heterocycles. The molecule has 0 aliphatic rings. The predicted octanol–water partition coefficient (Wildman–Crippen LogP) is 3.01. The van der Waals surface area contributed by atoms with E-state index in [1.807, 2.05) is 12.3 Å². The molecule has 5 nitrogen and oxygen atoms in total. The average Bonchev–Trinajstić information content (AvgIpc) is 2.84. The van der Waals surface area contributed by atoms with Gasteiger partial charge in [0.25, 0.3) is 5.69 Å². The molecule has 0 bridgehead atoms. The van der Waals surface area contributed by atoms with Crippen LogP contribution in [0.15, 0.2) is 29.8 Å². The van der Waals surface area contributed by atoms with Crippen LogP contribution in [0.2, 0.25) is 0 Å². The van der Waals surface area contributed by atoms with Gasteiger partial charge < -0.3 is 5.32 Å². The van der Waals surface area contributed by atoms with E-state index in [2.05, 4.69) is 10.3 Å². The van der Waals surface area contributed by atoms with Gasteiger partial charge in [-0.3, -0.25) is 10.1 Å². The molecule has 0 spiro atoms. The molecule has 2 rings (SSSR count). The molecule has 1 N–H and O–H groups in total. The van der Waals surface area contributed by atoms with Crippen LogP contribution < -0.4 is 5.32 Å². The minimum Gasteiger partial charge on any atom is -0.384 e. The van der Waals surface area contributed by atoms with Gasteiger partial charge in [-0.1, -0.05) is 0 Å². The van der Waals surface area contributed by atoms with Crippen molar-refractivity contribution >= 4 is 22.7 Å². The van der Waals surface area contributed by atoms with Gasteiger partial charge in [0.15, 0.2) is 0 Å². The van der Waals surface area contributed by atoms with Gasteiger partial charge in [-0.05, 0) is 18.6 Å². The predicted molar refractivity (Wildman–Crippen MR) is 72.1 cm³/mol. The number of hydrogen-bond donors (Lipinski definition) is 1. The van der Waals surface area contributed by atoms with Gasteiger partial charge in [-0.15, -0.1) is 11.3 Å². The first-order valence-electron chi connectivity index (χ1n) is 5.54. The van der Waals surface area contributed by atoms with E-state index in [1.54, 1.807) is 29.7 Å². The molecule has 1 heterocycles. The molecule has 0 aliphatic carbocycles. The molecule has 1 aromatic carbocycles. The standard InChI is InChI=1S/C12H13N3O2S/c1-9-8-10(15(16)17)2-3-11(9)13-5-4-12-14-6-7-18-12/h2-3,6-8,13H,4-5H2,1H3. The van der Waals surface area contributed by atoms with Gasteiger partial charge in [-0.2, -0.15) is 0 Å². The number of thiazole rings is 1. The van der Waals surface area contributed by atoms with Gasteiger partial charge >= 0.3 is 0 Å². The highest BCUT2D eigenvalue weighted by molar-refractivity contribution is 7.09. The van der Waals surface area contributed by atoms with Crippen LogP contribution in [0.4, 0.5) is 11.4 Å². The number of aromatic nitrogens is 1. The summed E-state index contributed by atoms with van der Waals surface area (Å²) in [6.45, 7) is 2.63. The van der Waals surface area contributed by atoms with E-state index in [4.69, 9.17) is 0 Å². The Kier molecular flexibility index (Phi) is 3.88. The number of benzene rings is 1. The Morgan fingerprint density at radius 3 is 2.94 bits per heavy atom. The van der Waals surface area contributed by atoms with E-state index in [9.17, 15) is 10.1 Å². The summed E-state index contributed by atoms with van der Waals surface area (Å²) in [5.41, 5.74) is 1.93. The van der Waals surface area contributed by atoms with Gasteiger partial charge in [-0.25, -0.2) is 4.98 Å². The maximum atomic E-state index is 10.6. The quantitative estimate of drug-likeness (QED) is 0.665. The Morgan fingerprint density at radius 1 is 1.50 bits per heavy atom. The number of hydrogen-bond acceptors (Lipinski definition) is 5. The summed E-state index contributed by atoms with van der Waals surface area (Å²) < 4.78 is 0. The zero-order chi connectivity index (χ0) is 13.0. The minimum atomic E-state index is -0.383. The molecule has 0 radical (unpaired) electrons. The van der Waals surface area contributed by atoms with Crippen molar-refractivity contribution in [1.29, 1.82) is 0 Å². The van der Waals surface area contributed by atoms with Crippen molar-refractivity contribution in [2.45, 2.75) is 13.3 Å². The summed E-state index contributed by atoms with van der Waals surface area (Å²) in [5.74, 6) is 0. The Labute approximate surface area is 109 Å². The van der Waals surface area contributed by atoms with E-state index in [-0.39, 0.29) is 10.6 Å². The van der Waals surface area contributed by atoms with Crippen LogP contribution in [0, 0.1) is 17.0 Å². The molecular formula is C12H13N3O2S. The lowest BCUT2D eigenvalue weighted by Gasteiger charge is -2.08. The summed E-state index contributed by atoms with van der Waals surface area (Å²) in [4.78, 5) is 14.4. The summed E-state index contributed by atoms with van der Waals surface area (Å²) >= 11 is 1.63. The fourth-order valence-corrected chi connectivity index (χ4v) is 2.26. The van der Waals surface area contributed by atoms with Crippen molar-refractivity contribution in [3.8, 4) is 0 Å². The van der Waals surface area contributed by atoms with Crippen LogP contribution in [-0.4, -0.2) is 16.5 Å². The number of anilines is 1. The first kappa shape index (κ1) is 12.5. The van der Waals surface area contributed by atoms with Gasteiger partial charge in [0, 0.05) is 42.4 Å². The molecule has 0 aliphatic heterocycles. The fraction of sp³-hybridized carbons (Fsp3) is 0.250. The van der Waals surface area contributed by atoms with Gasteiger partial charge in [0.05, 0.1) is 9.93 Å². The normalized spacial score (nSPS) is 10.3. The maximum Gasteiger partial charge on any atom is 0.269 e. The second-order valence-corrected chi connectivity index (χ2v) is 4.84. The molecule has 18 heavy (non-hydrogen) atoms. The van der Waals surface area contributed by atoms with E-state index in [0.29, 0.717) is 0 Å². The lowest BCUT2D eigenvalue weighted by atomic mass is 10.2. The molecule has 6 heteroatoms. The molecule has 0 fully saturated rings. The topological polar surface area (TPSA) is 68.1 Å².